The van der Waals surface area contributed by atoms with E-state index >= 15 is 0 Å². The van der Waals surface area contributed by atoms with Gasteiger partial charge >= 0.3 is 0 Å². The molecule has 0 saturated heterocycles. The van der Waals surface area contributed by atoms with Crippen LogP contribution in [0.2, 0.25) is 0 Å². The summed E-state index contributed by atoms with van der Waals surface area (Å²) in [5.41, 5.74) is 7.41. The Morgan fingerprint density at radius 2 is 2.31 bits per heavy atom. The highest BCUT2D eigenvalue weighted by Crippen LogP contribution is 2.32. The first kappa shape index (κ1) is 11.6. The zero-order chi connectivity index (χ0) is 11.5. The molecule has 90 valence electrons. The molecule has 1 aliphatic rings. The van der Waals surface area contributed by atoms with Crippen molar-refractivity contribution in [1.82, 2.24) is 9.78 Å². The first-order valence-electron chi connectivity index (χ1n) is 6.43. The van der Waals surface area contributed by atoms with Gasteiger partial charge in [-0.3, -0.25) is 4.68 Å². The second kappa shape index (κ2) is 5.00. The van der Waals surface area contributed by atoms with Crippen molar-refractivity contribution < 1.29 is 0 Å². The summed E-state index contributed by atoms with van der Waals surface area (Å²) in [7, 11) is 1.97. The number of aryl methyl sites for hydroxylation is 1. The Labute approximate surface area is 98.0 Å². The molecule has 1 saturated carbocycles. The molecule has 3 atom stereocenters. The molecule has 1 heterocycles. The van der Waals surface area contributed by atoms with E-state index in [0.29, 0.717) is 12.0 Å². The van der Waals surface area contributed by atoms with Crippen molar-refractivity contribution in [3.8, 4) is 0 Å². The Hall–Kier alpha value is -0.830. The first-order chi connectivity index (χ1) is 7.69. The molecular weight excluding hydrogens is 198 g/mol. The summed E-state index contributed by atoms with van der Waals surface area (Å²) in [5.74, 6) is 1.52. The minimum Gasteiger partial charge on any atom is -0.327 e. The van der Waals surface area contributed by atoms with Crippen LogP contribution in [0.25, 0.3) is 0 Å². The van der Waals surface area contributed by atoms with E-state index in [9.17, 15) is 0 Å². The number of nitrogens with zero attached hydrogens (tertiary/aromatic N) is 2. The monoisotopic (exact) mass is 221 g/mol. The van der Waals surface area contributed by atoms with Gasteiger partial charge in [-0.15, -0.1) is 0 Å². The highest BCUT2D eigenvalue weighted by Gasteiger charge is 2.27. The van der Waals surface area contributed by atoms with Crippen molar-refractivity contribution in [2.24, 2.45) is 24.6 Å². The molecule has 16 heavy (non-hydrogen) atoms. The van der Waals surface area contributed by atoms with Crippen LogP contribution in [0.1, 0.15) is 38.3 Å². The highest BCUT2D eigenvalue weighted by atomic mass is 15.2. The molecule has 0 aliphatic heterocycles. The minimum atomic E-state index is 0.379. The van der Waals surface area contributed by atoms with Gasteiger partial charge in [0.2, 0.25) is 0 Å². The van der Waals surface area contributed by atoms with Gasteiger partial charge in [0.05, 0.1) is 5.69 Å². The molecule has 3 nitrogen and oxygen atoms in total. The molecule has 1 fully saturated rings. The summed E-state index contributed by atoms with van der Waals surface area (Å²) in [6, 6.07) is 2.49. The lowest BCUT2D eigenvalue weighted by Crippen LogP contribution is -2.37. The van der Waals surface area contributed by atoms with Gasteiger partial charge in [0.1, 0.15) is 0 Å². The highest BCUT2D eigenvalue weighted by molar-refractivity contribution is 5.02. The zero-order valence-corrected chi connectivity index (χ0v) is 10.4. The number of aromatic nitrogens is 2. The summed E-state index contributed by atoms with van der Waals surface area (Å²) >= 11 is 0. The molecule has 3 unspecified atom stereocenters. The van der Waals surface area contributed by atoms with Crippen LogP contribution in [-0.4, -0.2) is 15.8 Å². The predicted molar refractivity (Wildman–Crippen MR) is 66.0 cm³/mol. The standard InChI is InChI=1S/C13H23N3/c1-3-10-4-5-13(14)11(8-10)9-12-6-7-16(2)15-12/h6-7,10-11,13H,3-5,8-9,14H2,1-2H3. The van der Waals surface area contributed by atoms with Crippen LogP contribution in [0.3, 0.4) is 0 Å². The van der Waals surface area contributed by atoms with Gasteiger partial charge < -0.3 is 5.73 Å². The number of hydrogen-bond donors (Lipinski definition) is 1. The summed E-state index contributed by atoms with van der Waals surface area (Å²) in [4.78, 5) is 0. The first-order valence-corrected chi connectivity index (χ1v) is 6.43. The zero-order valence-electron chi connectivity index (χ0n) is 10.4. The molecule has 0 aromatic carbocycles. The quantitative estimate of drug-likeness (QED) is 0.849. The molecule has 1 aromatic rings. The predicted octanol–water partition coefficient (Wildman–Crippen LogP) is 2.12. The number of rotatable bonds is 3. The molecule has 0 bridgehead atoms. The van der Waals surface area contributed by atoms with Crippen molar-refractivity contribution in [2.45, 2.75) is 45.1 Å². The maximum Gasteiger partial charge on any atom is 0.0627 e. The Kier molecular flexibility index (Phi) is 3.64. The average Bonchev–Trinajstić information content (AvgIpc) is 2.67. The van der Waals surface area contributed by atoms with Crippen LogP contribution in [0.15, 0.2) is 12.3 Å². The fourth-order valence-electron chi connectivity index (χ4n) is 2.83. The molecule has 2 N–H and O–H groups in total. The molecule has 1 aliphatic carbocycles. The summed E-state index contributed by atoms with van der Waals surface area (Å²) < 4.78 is 1.88. The third-order valence-corrected chi connectivity index (χ3v) is 3.97. The minimum absolute atomic E-state index is 0.379. The van der Waals surface area contributed by atoms with E-state index in [0.717, 1.165) is 12.3 Å². The lowest BCUT2D eigenvalue weighted by atomic mass is 9.75. The maximum absolute atomic E-state index is 6.22. The smallest absolute Gasteiger partial charge is 0.0627 e. The maximum atomic E-state index is 6.22. The van der Waals surface area contributed by atoms with Gasteiger partial charge in [-0.25, -0.2) is 0 Å². The largest absolute Gasteiger partial charge is 0.327 e. The molecule has 0 spiro atoms. The number of hydrogen-bond acceptors (Lipinski definition) is 2. The molecule has 1 aromatic heterocycles. The van der Waals surface area contributed by atoms with Crippen molar-refractivity contribution in [1.29, 1.82) is 0 Å². The lowest BCUT2D eigenvalue weighted by molar-refractivity contribution is 0.226. The van der Waals surface area contributed by atoms with Gasteiger partial charge in [-0.2, -0.15) is 5.10 Å². The van der Waals surface area contributed by atoms with Crippen molar-refractivity contribution in [2.75, 3.05) is 0 Å². The second-order valence-corrected chi connectivity index (χ2v) is 5.20. The van der Waals surface area contributed by atoms with Crippen LogP contribution in [0.4, 0.5) is 0 Å². The van der Waals surface area contributed by atoms with E-state index in [-0.39, 0.29) is 0 Å². The van der Waals surface area contributed by atoms with Crippen molar-refractivity contribution in [3.63, 3.8) is 0 Å². The van der Waals surface area contributed by atoms with E-state index in [1.807, 2.05) is 17.9 Å². The summed E-state index contributed by atoms with van der Waals surface area (Å²) in [6.07, 6.45) is 8.16. The molecule has 3 heteroatoms. The normalized spacial score (nSPS) is 30.6. The van der Waals surface area contributed by atoms with E-state index in [4.69, 9.17) is 5.73 Å². The third kappa shape index (κ3) is 2.64. The van der Waals surface area contributed by atoms with Crippen molar-refractivity contribution >= 4 is 0 Å². The van der Waals surface area contributed by atoms with Gasteiger partial charge in [0.15, 0.2) is 0 Å². The Morgan fingerprint density at radius 3 is 2.94 bits per heavy atom. The van der Waals surface area contributed by atoms with E-state index < -0.39 is 0 Å². The van der Waals surface area contributed by atoms with Crippen LogP contribution >= 0.6 is 0 Å². The Morgan fingerprint density at radius 1 is 1.50 bits per heavy atom. The van der Waals surface area contributed by atoms with E-state index in [1.165, 1.54) is 31.4 Å². The van der Waals surface area contributed by atoms with Gasteiger partial charge in [0.25, 0.3) is 0 Å². The molecule has 0 radical (unpaired) electrons. The summed E-state index contributed by atoms with van der Waals surface area (Å²) in [5, 5.41) is 4.45. The second-order valence-electron chi connectivity index (χ2n) is 5.20. The van der Waals surface area contributed by atoms with Crippen molar-refractivity contribution in [3.05, 3.63) is 18.0 Å². The van der Waals surface area contributed by atoms with Gasteiger partial charge in [-0.05, 0) is 43.6 Å². The Balaban J connectivity index is 1.96. The Bertz CT molecular complexity index is 332. The van der Waals surface area contributed by atoms with Gasteiger partial charge in [-0.1, -0.05) is 13.3 Å². The molecule has 0 amide bonds. The van der Waals surface area contributed by atoms with Crippen LogP contribution < -0.4 is 5.73 Å². The van der Waals surface area contributed by atoms with E-state index in [1.54, 1.807) is 0 Å². The fraction of sp³-hybridized carbons (Fsp3) is 0.769. The molecular formula is C13H23N3. The van der Waals surface area contributed by atoms with Crippen LogP contribution in [-0.2, 0) is 13.5 Å². The van der Waals surface area contributed by atoms with Gasteiger partial charge in [0, 0.05) is 19.3 Å². The lowest BCUT2D eigenvalue weighted by Gasteiger charge is -2.33. The fourth-order valence-corrected chi connectivity index (χ4v) is 2.83. The topological polar surface area (TPSA) is 43.8 Å². The van der Waals surface area contributed by atoms with E-state index in [2.05, 4.69) is 18.1 Å². The molecule has 2 rings (SSSR count). The third-order valence-electron chi connectivity index (χ3n) is 3.97. The SMILES string of the molecule is CCC1CCC(N)C(Cc2ccn(C)n2)C1. The number of nitrogens with two attached hydrogens (primary N) is 1. The van der Waals surface area contributed by atoms with Crippen LogP contribution in [0.5, 0.6) is 0 Å². The summed E-state index contributed by atoms with van der Waals surface area (Å²) in [6.45, 7) is 2.29. The van der Waals surface area contributed by atoms with Crippen LogP contribution in [0, 0.1) is 11.8 Å². The average molecular weight is 221 g/mol.